The fraction of sp³-hybridized carbons (Fsp3) is 0.381. The first-order chi connectivity index (χ1) is 13.6. The van der Waals surface area contributed by atoms with Gasteiger partial charge in [-0.05, 0) is 49.7 Å². The number of aromatic nitrogens is 2. The number of nitrogens with zero attached hydrogens (tertiary/aromatic N) is 2. The molecule has 0 bridgehead atoms. The quantitative estimate of drug-likeness (QED) is 0.678. The molecule has 0 spiro atoms. The van der Waals surface area contributed by atoms with Gasteiger partial charge in [0.2, 0.25) is 0 Å². The van der Waals surface area contributed by atoms with Gasteiger partial charge in [0.15, 0.2) is 0 Å². The van der Waals surface area contributed by atoms with Crippen molar-refractivity contribution in [1.29, 1.82) is 0 Å². The summed E-state index contributed by atoms with van der Waals surface area (Å²) in [5.41, 5.74) is 1.73. The highest BCUT2D eigenvalue weighted by Crippen LogP contribution is 2.34. The molecule has 1 aliphatic heterocycles. The van der Waals surface area contributed by atoms with E-state index in [2.05, 4.69) is 15.1 Å². The first kappa shape index (κ1) is 18.8. The minimum atomic E-state index is -0.460. The van der Waals surface area contributed by atoms with E-state index in [-0.39, 0.29) is 11.5 Å². The molecular formula is C21H23F2N3O2. The average molecular weight is 387 g/mol. The number of piperidine rings is 1. The van der Waals surface area contributed by atoms with E-state index in [4.69, 9.17) is 9.15 Å². The number of rotatable bonds is 6. The van der Waals surface area contributed by atoms with E-state index in [9.17, 15) is 8.78 Å². The molecule has 2 aromatic heterocycles. The van der Waals surface area contributed by atoms with Gasteiger partial charge in [-0.3, -0.25) is 10.00 Å². The zero-order chi connectivity index (χ0) is 19.5. The summed E-state index contributed by atoms with van der Waals surface area (Å²) >= 11 is 0. The molecule has 1 N–H and O–H groups in total. The Hall–Kier alpha value is -2.51. The molecule has 28 heavy (non-hydrogen) atoms. The highest BCUT2D eigenvalue weighted by molar-refractivity contribution is 5.66. The van der Waals surface area contributed by atoms with Crippen LogP contribution in [0.25, 0.3) is 11.1 Å². The second-order valence-corrected chi connectivity index (χ2v) is 7.20. The maximum atomic E-state index is 14.3. The first-order valence-electron chi connectivity index (χ1n) is 9.41. The summed E-state index contributed by atoms with van der Waals surface area (Å²) in [6, 6.07) is 7.41. The Balaban J connectivity index is 1.51. The van der Waals surface area contributed by atoms with Gasteiger partial charge in [0.05, 0.1) is 12.7 Å². The molecule has 0 aliphatic carbocycles. The maximum absolute atomic E-state index is 14.3. The van der Waals surface area contributed by atoms with E-state index in [0.717, 1.165) is 55.3 Å². The van der Waals surface area contributed by atoms with Gasteiger partial charge in [-0.15, -0.1) is 0 Å². The van der Waals surface area contributed by atoms with E-state index in [0.29, 0.717) is 18.7 Å². The summed E-state index contributed by atoms with van der Waals surface area (Å²) in [6.07, 6.45) is 3.56. The summed E-state index contributed by atoms with van der Waals surface area (Å²) in [5, 5.41) is 7.13. The Morgan fingerprint density at radius 1 is 1.21 bits per heavy atom. The number of likely N-dealkylation sites (tertiary alicyclic amines) is 1. The van der Waals surface area contributed by atoms with Crippen LogP contribution >= 0.6 is 0 Å². The van der Waals surface area contributed by atoms with Crippen molar-refractivity contribution in [2.75, 3.05) is 20.2 Å². The van der Waals surface area contributed by atoms with Gasteiger partial charge in [-0.1, -0.05) is 0 Å². The molecule has 148 valence electrons. The lowest BCUT2D eigenvalue weighted by Gasteiger charge is -2.32. The van der Waals surface area contributed by atoms with Gasteiger partial charge < -0.3 is 9.15 Å². The third-order valence-corrected chi connectivity index (χ3v) is 5.18. The van der Waals surface area contributed by atoms with Crippen LogP contribution in [0.4, 0.5) is 8.78 Å². The largest absolute Gasteiger partial charge is 0.462 e. The number of aromatic amines is 1. The van der Waals surface area contributed by atoms with Crippen LogP contribution in [0.15, 0.2) is 40.9 Å². The summed E-state index contributed by atoms with van der Waals surface area (Å²) in [7, 11) is 1.64. The zero-order valence-electron chi connectivity index (χ0n) is 15.8. The predicted molar refractivity (Wildman–Crippen MR) is 101 cm³/mol. The minimum absolute atomic E-state index is 0.169. The molecule has 3 aromatic rings. The van der Waals surface area contributed by atoms with Gasteiger partial charge in [0.25, 0.3) is 0 Å². The molecule has 4 rings (SSSR count). The summed E-state index contributed by atoms with van der Waals surface area (Å²) in [6.45, 7) is 2.93. The molecule has 1 aromatic carbocycles. The van der Waals surface area contributed by atoms with Crippen LogP contribution in [-0.4, -0.2) is 35.3 Å². The molecule has 1 atom stereocenters. The first-order valence-corrected chi connectivity index (χ1v) is 9.41. The van der Waals surface area contributed by atoms with Crippen molar-refractivity contribution in [2.24, 2.45) is 0 Å². The lowest BCUT2D eigenvalue weighted by atomic mass is 9.90. The van der Waals surface area contributed by atoms with E-state index in [1.54, 1.807) is 13.3 Å². The summed E-state index contributed by atoms with van der Waals surface area (Å²) in [5.74, 6) is 0.969. The number of ether oxygens (including phenoxy) is 1. The van der Waals surface area contributed by atoms with Crippen molar-refractivity contribution >= 4 is 0 Å². The van der Waals surface area contributed by atoms with Crippen molar-refractivity contribution in [3.05, 3.63) is 65.4 Å². The molecule has 5 nitrogen and oxygen atoms in total. The standard InChI is InChI=1S/C21H23F2N3O2/c1-27-13-17-6-5-16(28-17)12-26-8-2-3-14(11-26)21-19(10-24-25-21)18-9-15(22)4-7-20(18)23/h4-7,9-10,14H,2-3,8,11-13H2,1H3,(H,24,25). The number of hydrogen-bond acceptors (Lipinski definition) is 4. The second-order valence-electron chi connectivity index (χ2n) is 7.20. The maximum Gasteiger partial charge on any atom is 0.131 e. The minimum Gasteiger partial charge on any atom is -0.462 e. The predicted octanol–water partition coefficient (Wildman–Crippen LogP) is 4.47. The third kappa shape index (κ3) is 4.00. The topological polar surface area (TPSA) is 54.3 Å². The lowest BCUT2D eigenvalue weighted by molar-refractivity contribution is 0.153. The lowest BCUT2D eigenvalue weighted by Crippen LogP contribution is -2.34. The zero-order valence-corrected chi connectivity index (χ0v) is 15.8. The summed E-state index contributed by atoms with van der Waals surface area (Å²) in [4.78, 5) is 2.32. The summed E-state index contributed by atoms with van der Waals surface area (Å²) < 4.78 is 38.8. The van der Waals surface area contributed by atoms with E-state index >= 15 is 0 Å². The molecule has 7 heteroatoms. The fourth-order valence-electron chi connectivity index (χ4n) is 3.91. The molecule has 0 saturated carbocycles. The van der Waals surface area contributed by atoms with Crippen LogP contribution < -0.4 is 0 Å². The Kier molecular flexibility index (Phi) is 5.54. The molecule has 0 radical (unpaired) electrons. The smallest absolute Gasteiger partial charge is 0.131 e. The van der Waals surface area contributed by atoms with Gasteiger partial charge in [0, 0.05) is 36.4 Å². The van der Waals surface area contributed by atoms with Crippen LogP contribution in [0.3, 0.4) is 0 Å². The average Bonchev–Trinajstić information content (AvgIpc) is 3.34. The molecule has 1 unspecified atom stereocenters. The third-order valence-electron chi connectivity index (χ3n) is 5.18. The van der Waals surface area contributed by atoms with Crippen LogP contribution in [0.5, 0.6) is 0 Å². The van der Waals surface area contributed by atoms with Crippen molar-refractivity contribution in [3.63, 3.8) is 0 Å². The van der Waals surface area contributed by atoms with E-state index in [1.165, 1.54) is 6.07 Å². The monoisotopic (exact) mass is 387 g/mol. The van der Waals surface area contributed by atoms with Gasteiger partial charge >= 0.3 is 0 Å². The van der Waals surface area contributed by atoms with Crippen molar-refractivity contribution in [3.8, 4) is 11.1 Å². The molecular weight excluding hydrogens is 364 g/mol. The number of H-pyrrole nitrogens is 1. The van der Waals surface area contributed by atoms with Crippen LogP contribution in [0, 0.1) is 11.6 Å². The van der Waals surface area contributed by atoms with Crippen molar-refractivity contribution in [1.82, 2.24) is 15.1 Å². The van der Waals surface area contributed by atoms with Crippen molar-refractivity contribution in [2.45, 2.75) is 31.9 Å². The molecule has 1 saturated heterocycles. The number of nitrogens with one attached hydrogen (secondary N) is 1. The highest BCUT2D eigenvalue weighted by Gasteiger charge is 2.26. The van der Waals surface area contributed by atoms with Gasteiger partial charge in [-0.2, -0.15) is 5.10 Å². The Labute approximate surface area is 162 Å². The Morgan fingerprint density at radius 3 is 2.93 bits per heavy atom. The van der Waals surface area contributed by atoms with Gasteiger partial charge in [0.1, 0.15) is 29.8 Å². The van der Waals surface area contributed by atoms with E-state index in [1.807, 2.05) is 12.1 Å². The number of hydrogen-bond donors (Lipinski definition) is 1. The SMILES string of the molecule is COCc1ccc(CN2CCCC(c3[nH]ncc3-c3cc(F)ccc3F)C2)o1. The molecule has 1 fully saturated rings. The number of furan rings is 1. The van der Waals surface area contributed by atoms with Gasteiger partial charge in [-0.25, -0.2) is 8.78 Å². The number of benzene rings is 1. The van der Waals surface area contributed by atoms with Crippen LogP contribution in [0.1, 0.15) is 36.0 Å². The molecule has 3 heterocycles. The van der Waals surface area contributed by atoms with Crippen molar-refractivity contribution < 1.29 is 17.9 Å². The highest BCUT2D eigenvalue weighted by atomic mass is 19.1. The normalized spacial score (nSPS) is 17.9. The fourth-order valence-corrected chi connectivity index (χ4v) is 3.91. The van der Waals surface area contributed by atoms with Crippen LogP contribution in [-0.2, 0) is 17.9 Å². The Morgan fingerprint density at radius 2 is 2.07 bits per heavy atom. The molecule has 0 amide bonds. The number of methoxy groups -OCH3 is 1. The van der Waals surface area contributed by atoms with E-state index < -0.39 is 11.6 Å². The number of halogens is 2. The van der Waals surface area contributed by atoms with Crippen LogP contribution in [0.2, 0.25) is 0 Å². The Bertz CT molecular complexity index is 937. The second kappa shape index (κ2) is 8.24. The molecule has 1 aliphatic rings.